The van der Waals surface area contributed by atoms with Gasteiger partial charge in [-0.15, -0.1) is 0 Å². The Morgan fingerprint density at radius 2 is 2.06 bits per heavy atom. The van der Waals surface area contributed by atoms with E-state index in [4.69, 9.17) is 9.47 Å². The maximum atomic E-state index is 5.45. The number of allylic oxidation sites excluding steroid dienone is 3. The standard InChI is InChI=1S/C14H22O2/c1-2-3-4-5-6-7-8-9-10-12-14(16-12)13-11-15-13/h7-10,12-14H,2-6,11H2,1H3. The molecule has 2 rings (SSSR count). The third kappa shape index (κ3) is 4.11. The summed E-state index contributed by atoms with van der Waals surface area (Å²) in [6.45, 7) is 3.14. The van der Waals surface area contributed by atoms with Crippen molar-refractivity contribution < 1.29 is 9.47 Å². The summed E-state index contributed by atoms with van der Waals surface area (Å²) in [5.41, 5.74) is 0. The molecule has 0 aromatic rings. The molecule has 0 radical (unpaired) electrons. The summed E-state index contributed by atoms with van der Waals surface area (Å²) in [6.07, 6.45) is 16.2. The van der Waals surface area contributed by atoms with Crippen LogP contribution in [0.1, 0.15) is 39.0 Å². The molecule has 3 unspecified atom stereocenters. The molecule has 2 aliphatic heterocycles. The minimum absolute atomic E-state index is 0.317. The normalized spacial score (nSPS) is 32.7. The van der Waals surface area contributed by atoms with Gasteiger partial charge in [0.25, 0.3) is 0 Å². The highest BCUT2D eigenvalue weighted by molar-refractivity contribution is 5.13. The van der Waals surface area contributed by atoms with E-state index in [0.29, 0.717) is 18.3 Å². The SMILES string of the molecule is CCCCCCC=CC=CC1OC1C1CO1. The summed E-state index contributed by atoms with van der Waals surface area (Å²) in [5, 5.41) is 0. The van der Waals surface area contributed by atoms with Gasteiger partial charge in [-0.05, 0) is 12.8 Å². The number of hydrogen-bond donors (Lipinski definition) is 0. The fourth-order valence-electron chi connectivity index (χ4n) is 1.87. The summed E-state index contributed by atoms with van der Waals surface area (Å²) >= 11 is 0. The molecule has 2 fully saturated rings. The minimum atomic E-state index is 0.317. The van der Waals surface area contributed by atoms with Crippen molar-refractivity contribution in [2.75, 3.05) is 6.61 Å². The Kier molecular flexibility index (Phi) is 4.61. The van der Waals surface area contributed by atoms with E-state index in [2.05, 4.69) is 31.2 Å². The average molecular weight is 222 g/mol. The van der Waals surface area contributed by atoms with Gasteiger partial charge in [0.05, 0.1) is 6.61 Å². The minimum Gasteiger partial charge on any atom is -0.370 e. The summed E-state index contributed by atoms with van der Waals surface area (Å²) in [6, 6.07) is 0. The highest BCUT2D eigenvalue weighted by Crippen LogP contribution is 2.34. The molecule has 2 nitrogen and oxygen atoms in total. The quantitative estimate of drug-likeness (QED) is 0.358. The van der Waals surface area contributed by atoms with Crippen molar-refractivity contribution in [3.8, 4) is 0 Å². The molecule has 2 heteroatoms. The zero-order valence-electron chi connectivity index (χ0n) is 10.1. The summed E-state index contributed by atoms with van der Waals surface area (Å²) in [5.74, 6) is 0. The molecule has 3 atom stereocenters. The summed E-state index contributed by atoms with van der Waals surface area (Å²) in [7, 11) is 0. The Morgan fingerprint density at radius 3 is 2.81 bits per heavy atom. The van der Waals surface area contributed by atoms with Gasteiger partial charge in [-0.1, -0.05) is 50.5 Å². The molecule has 16 heavy (non-hydrogen) atoms. The van der Waals surface area contributed by atoms with Crippen molar-refractivity contribution in [1.29, 1.82) is 0 Å². The van der Waals surface area contributed by atoms with Crippen LogP contribution in [0.2, 0.25) is 0 Å². The van der Waals surface area contributed by atoms with Crippen molar-refractivity contribution in [2.24, 2.45) is 0 Å². The molecule has 0 spiro atoms. The summed E-state index contributed by atoms with van der Waals surface area (Å²) < 4.78 is 10.6. The fourth-order valence-corrected chi connectivity index (χ4v) is 1.87. The van der Waals surface area contributed by atoms with Gasteiger partial charge in [-0.2, -0.15) is 0 Å². The molecule has 0 N–H and O–H groups in total. The molecule has 2 saturated heterocycles. The van der Waals surface area contributed by atoms with Crippen molar-refractivity contribution in [1.82, 2.24) is 0 Å². The first-order valence-electron chi connectivity index (χ1n) is 6.52. The lowest BCUT2D eigenvalue weighted by Gasteiger charge is -1.92. The molecule has 0 aromatic heterocycles. The zero-order valence-corrected chi connectivity index (χ0v) is 10.1. The lowest BCUT2D eigenvalue weighted by atomic mass is 10.1. The van der Waals surface area contributed by atoms with Crippen molar-refractivity contribution in [3.05, 3.63) is 24.3 Å². The first-order valence-corrected chi connectivity index (χ1v) is 6.52. The number of hydrogen-bond acceptors (Lipinski definition) is 2. The van der Waals surface area contributed by atoms with E-state index in [-0.39, 0.29) is 0 Å². The van der Waals surface area contributed by atoms with Gasteiger partial charge in [0.2, 0.25) is 0 Å². The fraction of sp³-hybridized carbons (Fsp3) is 0.714. The maximum Gasteiger partial charge on any atom is 0.117 e. The van der Waals surface area contributed by atoms with Crippen LogP contribution in [0.4, 0.5) is 0 Å². The molecular weight excluding hydrogens is 200 g/mol. The van der Waals surface area contributed by atoms with Gasteiger partial charge in [0.15, 0.2) is 0 Å². The van der Waals surface area contributed by atoms with Crippen LogP contribution in [0.5, 0.6) is 0 Å². The lowest BCUT2D eigenvalue weighted by molar-refractivity contribution is 0.320. The molecule has 0 bridgehead atoms. The van der Waals surface area contributed by atoms with Crippen LogP contribution in [0.15, 0.2) is 24.3 Å². The van der Waals surface area contributed by atoms with E-state index >= 15 is 0 Å². The van der Waals surface area contributed by atoms with E-state index in [1.165, 1.54) is 32.1 Å². The Hall–Kier alpha value is -0.600. The third-order valence-electron chi connectivity index (χ3n) is 3.06. The van der Waals surface area contributed by atoms with E-state index in [9.17, 15) is 0 Å². The van der Waals surface area contributed by atoms with E-state index < -0.39 is 0 Å². The number of rotatable bonds is 8. The monoisotopic (exact) mass is 222 g/mol. The van der Waals surface area contributed by atoms with Crippen LogP contribution < -0.4 is 0 Å². The second kappa shape index (κ2) is 6.21. The van der Waals surface area contributed by atoms with Crippen LogP contribution in [0.3, 0.4) is 0 Å². The van der Waals surface area contributed by atoms with Gasteiger partial charge in [0, 0.05) is 0 Å². The Balaban J connectivity index is 1.47. The van der Waals surface area contributed by atoms with E-state index in [1.54, 1.807) is 0 Å². The highest BCUT2D eigenvalue weighted by atomic mass is 16.7. The van der Waals surface area contributed by atoms with Crippen LogP contribution in [0, 0.1) is 0 Å². The predicted octanol–water partition coefficient (Wildman–Crippen LogP) is 3.24. The van der Waals surface area contributed by atoms with Crippen molar-refractivity contribution >= 4 is 0 Å². The Morgan fingerprint density at radius 1 is 1.19 bits per heavy atom. The van der Waals surface area contributed by atoms with E-state index in [1.807, 2.05) is 0 Å². The molecule has 90 valence electrons. The molecule has 2 heterocycles. The molecule has 2 aliphatic rings. The van der Waals surface area contributed by atoms with Crippen LogP contribution >= 0.6 is 0 Å². The zero-order chi connectivity index (χ0) is 11.2. The smallest absolute Gasteiger partial charge is 0.117 e. The number of unbranched alkanes of at least 4 members (excludes halogenated alkanes) is 4. The molecule has 0 aliphatic carbocycles. The predicted molar refractivity (Wildman–Crippen MR) is 65.4 cm³/mol. The average Bonchev–Trinajstić information content (AvgIpc) is 3.14. The van der Waals surface area contributed by atoms with Gasteiger partial charge < -0.3 is 9.47 Å². The lowest BCUT2D eigenvalue weighted by Crippen LogP contribution is -1.98. The van der Waals surface area contributed by atoms with Gasteiger partial charge >= 0.3 is 0 Å². The van der Waals surface area contributed by atoms with Gasteiger partial charge in [-0.3, -0.25) is 0 Å². The summed E-state index contributed by atoms with van der Waals surface area (Å²) in [4.78, 5) is 0. The van der Waals surface area contributed by atoms with Gasteiger partial charge in [-0.25, -0.2) is 0 Å². The molecular formula is C14H22O2. The number of epoxide rings is 2. The van der Waals surface area contributed by atoms with Gasteiger partial charge in [0.1, 0.15) is 18.3 Å². The topological polar surface area (TPSA) is 25.1 Å². The molecule has 0 aromatic carbocycles. The third-order valence-corrected chi connectivity index (χ3v) is 3.06. The highest BCUT2D eigenvalue weighted by Gasteiger charge is 2.49. The first kappa shape index (κ1) is 11.9. The molecule has 0 saturated carbocycles. The van der Waals surface area contributed by atoms with Crippen LogP contribution in [-0.4, -0.2) is 24.9 Å². The largest absolute Gasteiger partial charge is 0.370 e. The van der Waals surface area contributed by atoms with E-state index in [0.717, 1.165) is 6.61 Å². The number of ether oxygens (including phenoxy) is 2. The molecule has 0 amide bonds. The Bertz CT molecular complexity index is 253. The van der Waals surface area contributed by atoms with Crippen LogP contribution in [-0.2, 0) is 9.47 Å². The van der Waals surface area contributed by atoms with Crippen molar-refractivity contribution in [3.63, 3.8) is 0 Å². The van der Waals surface area contributed by atoms with Crippen molar-refractivity contribution in [2.45, 2.75) is 57.3 Å². The van der Waals surface area contributed by atoms with Crippen LogP contribution in [0.25, 0.3) is 0 Å². The maximum absolute atomic E-state index is 5.45. The Labute approximate surface area is 98.3 Å². The second-order valence-corrected chi connectivity index (χ2v) is 4.60. The first-order chi connectivity index (χ1) is 7.92. The second-order valence-electron chi connectivity index (χ2n) is 4.60.